The van der Waals surface area contributed by atoms with Crippen LogP contribution in [0, 0.1) is 0 Å². The van der Waals surface area contributed by atoms with Gasteiger partial charge in [-0.2, -0.15) is 0 Å². The van der Waals surface area contributed by atoms with Crippen LogP contribution in [0.1, 0.15) is 41.1 Å². The van der Waals surface area contributed by atoms with E-state index in [2.05, 4.69) is 20.0 Å². The number of nitrogens with one attached hydrogen (secondary N) is 2. The fraction of sp³-hybridized carbons (Fsp3) is 0.435. The summed E-state index contributed by atoms with van der Waals surface area (Å²) in [7, 11) is 0. The number of alkyl halides is 3. The summed E-state index contributed by atoms with van der Waals surface area (Å²) in [6.07, 6.45) is 1.33. The first-order valence-corrected chi connectivity index (χ1v) is 11.2. The second-order valence-corrected chi connectivity index (χ2v) is 8.54. The molecule has 4 heterocycles. The summed E-state index contributed by atoms with van der Waals surface area (Å²) >= 11 is 0. The van der Waals surface area contributed by atoms with Crippen LogP contribution in [0.4, 0.5) is 19.0 Å². The van der Waals surface area contributed by atoms with Crippen molar-refractivity contribution in [1.29, 1.82) is 0 Å². The lowest BCUT2D eigenvalue weighted by atomic mass is 9.90. The first-order chi connectivity index (χ1) is 16.4. The molecule has 3 aromatic rings. The molecule has 0 saturated carbocycles. The summed E-state index contributed by atoms with van der Waals surface area (Å²) in [5.41, 5.74) is 2.96. The van der Waals surface area contributed by atoms with Crippen LogP contribution in [-0.4, -0.2) is 64.5 Å². The molecule has 0 aliphatic carbocycles. The van der Waals surface area contributed by atoms with Gasteiger partial charge in [0.15, 0.2) is 5.65 Å². The summed E-state index contributed by atoms with van der Waals surface area (Å²) < 4.78 is 46.3. The standard InChI is InChI=1S/C23H24F3N5O3/c24-23(25,26)34-17-3-1-15(2-4-17)22(32)31-8-5-14(6-9-31)18-11-27-21-20(18)30-19(12-28-21)29-16-7-10-33-13-16/h1-4,11-12,14,16H,5-10,13H2,(H,27,28)(H,29,30)/t16-/m0/s1. The van der Waals surface area contributed by atoms with E-state index in [-0.39, 0.29) is 23.6 Å². The largest absolute Gasteiger partial charge is 0.573 e. The molecule has 0 bridgehead atoms. The van der Waals surface area contributed by atoms with E-state index in [1.165, 1.54) is 12.1 Å². The van der Waals surface area contributed by atoms with Gasteiger partial charge in [-0.05, 0) is 49.4 Å². The lowest BCUT2D eigenvalue weighted by Gasteiger charge is -2.32. The number of amides is 1. The highest BCUT2D eigenvalue weighted by molar-refractivity contribution is 5.94. The number of anilines is 1. The number of carbonyl (C=O) groups excluding carboxylic acids is 1. The fourth-order valence-electron chi connectivity index (χ4n) is 4.52. The number of likely N-dealkylation sites (tertiary alicyclic amines) is 1. The minimum atomic E-state index is -4.76. The molecule has 1 aromatic carbocycles. The Balaban J connectivity index is 1.23. The maximum Gasteiger partial charge on any atom is 0.573 e. The zero-order valence-electron chi connectivity index (χ0n) is 18.3. The van der Waals surface area contributed by atoms with Crippen LogP contribution < -0.4 is 10.1 Å². The van der Waals surface area contributed by atoms with Gasteiger partial charge >= 0.3 is 6.36 Å². The molecule has 2 fully saturated rings. The molecule has 11 heteroatoms. The number of halogens is 3. The molecule has 2 aliphatic rings. The van der Waals surface area contributed by atoms with Gasteiger partial charge in [-0.15, -0.1) is 13.2 Å². The van der Waals surface area contributed by atoms with Crippen molar-refractivity contribution in [3.05, 3.63) is 47.8 Å². The molecule has 1 atom stereocenters. The molecule has 5 rings (SSSR count). The number of aromatic nitrogens is 3. The van der Waals surface area contributed by atoms with Gasteiger partial charge in [0.05, 0.1) is 18.8 Å². The van der Waals surface area contributed by atoms with Gasteiger partial charge in [0, 0.05) is 37.0 Å². The van der Waals surface area contributed by atoms with E-state index in [9.17, 15) is 18.0 Å². The van der Waals surface area contributed by atoms with E-state index < -0.39 is 6.36 Å². The van der Waals surface area contributed by atoms with Gasteiger partial charge in [0.25, 0.3) is 5.91 Å². The van der Waals surface area contributed by atoms with Crippen LogP contribution in [0.3, 0.4) is 0 Å². The average molecular weight is 475 g/mol. The zero-order chi connectivity index (χ0) is 23.7. The number of aromatic amines is 1. The highest BCUT2D eigenvalue weighted by atomic mass is 19.4. The summed E-state index contributed by atoms with van der Waals surface area (Å²) in [5.74, 6) is 0.382. The van der Waals surface area contributed by atoms with E-state index in [1.54, 1.807) is 11.1 Å². The van der Waals surface area contributed by atoms with Crippen molar-refractivity contribution in [2.45, 2.75) is 37.6 Å². The van der Waals surface area contributed by atoms with E-state index in [4.69, 9.17) is 9.72 Å². The Hall–Kier alpha value is -3.34. The summed E-state index contributed by atoms with van der Waals surface area (Å²) in [6, 6.07) is 5.25. The summed E-state index contributed by atoms with van der Waals surface area (Å²) in [5, 5.41) is 3.37. The molecular formula is C23H24F3N5O3. The second kappa shape index (κ2) is 9.13. The lowest BCUT2D eigenvalue weighted by molar-refractivity contribution is -0.274. The Morgan fingerprint density at radius 1 is 1.18 bits per heavy atom. The van der Waals surface area contributed by atoms with E-state index in [0.29, 0.717) is 25.3 Å². The Bertz CT molecular complexity index is 1150. The zero-order valence-corrected chi connectivity index (χ0v) is 18.3. The molecule has 2 saturated heterocycles. The molecule has 1 amide bonds. The molecule has 2 aromatic heterocycles. The third-order valence-corrected chi connectivity index (χ3v) is 6.25. The van der Waals surface area contributed by atoms with Crippen molar-refractivity contribution >= 4 is 22.9 Å². The second-order valence-electron chi connectivity index (χ2n) is 8.54. The van der Waals surface area contributed by atoms with Crippen LogP contribution in [0.5, 0.6) is 5.75 Å². The number of benzene rings is 1. The lowest BCUT2D eigenvalue weighted by Crippen LogP contribution is -2.37. The van der Waals surface area contributed by atoms with Gasteiger partial charge in [0.2, 0.25) is 0 Å². The third-order valence-electron chi connectivity index (χ3n) is 6.25. The van der Waals surface area contributed by atoms with E-state index in [0.717, 1.165) is 60.5 Å². The van der Waals surface area contributed by atoms with Crippen molar-refractivity contribution in [3.8, 4) is 5.75 Å². The van der Waals surface area contributed by atoms with Crippen LogP contribution in [0.2, 0.25) is 0 Å². The molecule has 0 unspecified atom stereocenters. The third kappa shape index (κ3) is 4.93. The molecule has 34 heavy (non-hydrogen) atoms. The quantitative estimate of drug-likeness (QED) is 0.578. The monoisotopic (exact) mass is 475 g/mol. The van der Waals surface area contributed by atoms with Crippen molar-refractivity contribution in [3.63, 3.8) is 0 Å². The maximum atomic E-state index is 12.8. The normalized spacial score (nSPS) is 19.5. The predicted octanol–water partition coefficient (Wildman–Crippen LogP) is 4.08. The number of nitrogens with zero attached hydrogens (tertiary/aromatic N) is 3. The predicted molar refractivity (Wildman–Crippen MR) is 118 cm³/mol. The van der Waals surface area contributed by atoms with E-state index >= 15 is 0 Å². The Morgan fingerprint density at radius 2 is 1.94 bits per heavy atom. The number of fused-ring (bicyclic) bond motifs is 1. The Kier molecular flexibility index (Phi) is 6.03. The highest BCUT2D eigenvalue weighted by Gasteiger charge is 2.31. The van der Waals surface area contributed by atoms with Crippen molar-refractivity contribution in [1.82, 2.24) is 19.9 Å². The summed E-state index contributed by atoms with van der Waals surface area (Å²) in [4.78, 5) is 27.0. The van der Waals surface area contributed by atoms with Crippen molar-refractivity contribution < 1.29 is 27.4 Å². The van der Waals surface area contributed by atoms with Gasteiger partial charge < -0.3 is 24.7 Å². The smallest absolute Gasteiger partial charge is 0.406 e. The molecule has 2 N–H and O–H groups in total. The molecule has 0 spiro atoms. The van der Waals surface area contributed by atoms with Crippen LogP contribution in [-0.2, 0) is 4.74 Å². The van der Waals surface area contributed by atoms with Gasteiger partial charge in [0.1, 0.15) is 17.1 Å². The minimum Gasteiger partial charge on any atom is -0.406 e. The number of rotatable bonds is 5. The topological polar surface area (TPSA) is 92.4 Å². The van der Waals surface area contributed by atoms with Crippen LogP contribution in [0.25, 0.3) is 11.2 Å². The number of hydrogen-bond acceptors (Lipinski definition) is 6. The number of piperidine rings is 1. The number of carbonyl (C=O) groups is 1. The molecule has 2 aliphatic heterocycles. The van der Waals surface area contributed by atoms with Gasteiger partial charge in [-0.3, -0.25) is 4.79 Å². The van der Waals surface area contributed by atoms with E-state index in [1.807, 2.05) is 6.20 Å². The average Bonchev–Trinajstić information content (AvgIpc) is 3.48. The van der Waals surface area contributed by atoms with Crippen LogP contribution >= 0.6 is 0 Å². The highest BCUT2D eigenvalue weighted by Crippen LogP contribution is 2.33. The maximum absolute atomic E-state index is 12.8. The molecule has 0 radical (unpaired) electrons. The van der Waals surface area contributed by atoms with Gasteiger partial charge in [-0.1, -0.05) is 0 Å². The fourth-order valence-corrected chi connectivity index (χ4v) is 4.52. The molecule has 180 valence electrons. The van der Waals surface area contributed by atoms with Gasteiger partial charge in [-0.25, -0.2) is 9.97 Å². The number of H-pyrrole nitrogens is 1. The van der Waals surface area contributed by atoms with Crippen LogP contribution in [0.15, 0.2) is 36.7 Å². The number of hydrogen-bond donors (Lipinski definition) is 2. The minimum absolute atomic E-state index is 0.207. The summed E-state index contributed by atoms with van der Waals surface area (Å²) in [6.45, 7) is 2.49. The Morgan fingerprint density at radius 3 is 2.62 bits per heavy atom. The van der Waals surface area contributed by atoms with Crippen molar-refractivity contribution in [2.24, 2.45) is 0 Å². The Labute approximate surface area is 193 Å². The molecule has 8 nitrogen and oxygen atoms in total. The van der Waals surface area contributed by atoms with Crippen molar-refractivity contribution in [2.75, 3.05) is 31.6 Å². The SMILES string of the molecule is O=C(c1ccc(OC(F)(F)F)cc1)N1CCC(c2c[nH]c3ncc(N[C@H]4CCOC4)nc23)CC1. The first kappa shape index (κ1) is 22.5. The number of ether oxygens (including phenoxy) is 2. The first-order valence-electron chi connectivity index (χ1n) is 11.2. The molecular weight excluding hydrogens is 451 g/mol.